The fourth-order valence-corrected chi connectivity index (χ4v) is 2.37. The predicted octanol–water partition coefficient (Wildman–Crippen LogP) is 3.53. The highest BCUT2D eigenvalue weighted by atomic mass is 32.1. The van der Waals surface area contributed by atoms with Gasteiger partial charge in [0.05, 0.1) is 5.69 Å². The fraction of sp³-hybridized carbons (Fsp3) is 0.700. The Hall–Kier alpha value is -0.370. The van der Waals surface area contributed by atoms with E-state index in [1.807, 2.05) is 0 Å². The highest BCUT2D eigenvalue weighted by Crippen LogP contribution is 2.33. The van der Waals surface area contributed by atoms with Gasteiger partial charge in [-0.25, -0.2) is 0 Å². The molecular weight excluding hydrogens is 166 g/mol. The molecule has 2 heteroatoms. The van der Waals surface area contributed by atoms with Gasteiger partial charge < -0.3 is 0 Å². The van der Waals surface area contributed by atoms with Crippen LogP contribution in [0, 0.1) is 6.92 Å². The molecule has 68 valence electrons. The van der Waals surface area contributed by atoms with Crippen molar-refractivity contribution in [1.29, 1.82) is 0 Å². The molecule has 0 unspecified atom stereocenters. The van der Waals surface area contributed by atoms with Gasteiger partial charge in [0.15, 0.2) is 0 Å². The number of hydrogen-bond acceptors (Lipinski definition) is 2. The number of rotatable bonds is 3. The molecule has 1 aromatic heterocycles. The predicted molar refractivity (Wildman–Crippen MR) is 54.8 cm³/mol. The third-order valence-corrected chi connectivity index (χ3v) is 3.68. The van der Waals surface area contributed by atoms with Crippen molar-refractivity contribution in [2.45, 2.75) is 46.0 Å². The average molecular weight is 183 g/mol. The van der Waals surface area contributed by atoms with Crippen molar-refractivity contribution in [3.05, 3.63) is 16.6 Å². The average Bonchev–Trinajstić information content (AvgIpc) is 2.51. The minimum absolute atomic E-state index is 0.344. The summed E-state index contributed by atoms with van der Waals surface area (Å²) < 4.78 is 4.32. The minimum atomic E-state index is 0.344. The smallest absolute Gasteiger partial charge is 0.0548 e. The van der Waals surface area contributed by atoms with Crippen LogP contribution < -0.4 is 0 Å². The van der Waals surface area contributed by atoms with Crippen LogP contribution in [-0.2, 0) is 5.41 Å². The van der Waals surface area contributed by atoms with Gasteiger partial charge in [0.1, 0.15) is 0 Å². The molecule has 12 heavy (non-hydrogen) atoms. The Labute approximate surface area is 79.0 Å². The van der Waals surface area contributed by atoms with Gasteiger partial charge in [-0.15, -0.1) is 0 Å². The molecule has 0 saturated carbocycles. The van der Waals surface area contributed by atoms with Crippen molar-refractivity contribution >= 4 is 11.5 Å². The van der Waals surface area contributed by atoms with E-state index in [1.54, 1.807) is 11.5 Å². The maximum atomic E-state index is 4.32. The standard InChI is InChI=1S/C10H17NS/c1-5-10(4,6-2)9-7-12-11-8(9)3/h7H,5-6H2,1-4H3. The molecule has 0 aliphatic carbocycles. The molecule has 0 bridgehead atoms. The van der Waals surface area contributed by atoms with E-state index in [9.17, 15) is 0 Å². The maximum absolute atomic E-state index is 4.32. The van der Waals surface area contributed by atoms with Crippen molar-refractivity contribution < 1.29 is 0 Å². The molecule has 1 rings (SSSR count). The molecule has 0 amide bonds. The van der Waals surface area contributed by atoms with E-state index in [-0.39, 0.29) is 0 Å². The first kappa shape index (κ1) is 9.72. The Kier molecular flexibility index (Phi) is 2.89. The SMILES string of the molecule is CCC(C)(CC)c1csnc1C. The zero-order valence-corrected chi connectivity index (χ0v) is 9.16. The molecule has 0 N–H and O–H groups in total. The van der Waals surface area contributed by atoms with Gasteiger partial charge in [0.2, 0.25) is 0 Å². The summed E-state index contributed by atoms with van der Waals surface area (Å²) in [5, 5.41) is 2.20. The Bertz CT molecular complexity index is 248. The first-order valence-electron chi connectivity index (χ1n) is 4.55. The lowest BCUT2D eigenvalue weighted by atomic mass is 9.78. The van der Waals surface area contributed by atoms with E-state index in [2.05, 4.69) is 37.4 Å². The fourth-order valence-electron chi connectivity index (χ4n) is 1.50. The first-order chi connectivity index (χ1) is 5.64. The van der Waals surface area contributed by atoms with Crippen LogP contribution in [0.4, 0.5) is 0 Å². The third kappa shape index (κ3) is 1.53. The second kappa shape index (κ2) is 3.56. The van der Waals surface area contributed by atoms with Crippen LogP contribution >= 0.6 is 11.5 Å². The summed E-state index contributed by atoms with van der Waals surface area (Å²) in [6.45, 7) is 8.93. The maximum Gasteiger partial charge on any atom is 0.0548 e. The zero-order valence-electron chi connectivity index (χ0n) is 8.35. The number of hydrogen-bond donors (Lipinski definition) is 0. The molecule has 0 saturated heterocycles. The van der Waals surface area contributed by atoms with E-state index in [1.165, 1.54) is 24.1 Å². The summed E-state index contributed by atoms with van der Waals surface area (Å²) in [6, 6.07) is 0. The molecule has 0 spiro atoms. The molecule has 0 aromatic carbocycles. The van der Waals surface area contributed by atoms with Gasteiger partial charge in [-0.1, -0.05) is 20.8 Å². The van der Waals surface area contributed by atoms with E-state index < -0.39 is 0 Å². The molecule has 0 fully saturated rings. The van der Waals surface area contributed by atoms with Gasteiger partial charge >= 0.3 is 0 Å². The van der Waals surface area contributed by atoms with Gasteiger partial charge in [0, 0.05) is 5.38 Å². The quantitative estimate of drug-likeness (QED) is 0.698. The zero-order chi connectivity index (χ0) is 9.19. The Morgan fingerprint density at radius 2 is 2.00 bits per heavy atom. The van der Waals surface area contributed by atoms with E-state index in [0.717, 1.165) is 0 Å². The van der Waals surface area contributed by atoms with Crippen LogP contribution in [0.2, 0.25) is 0 Å². The third-order valence-electron chi connectivity index (χ3n) is 2.96. The molecular formula is C10H17NS. The van der Waals surface area contributed by atoms with Crippen LogP contribution in [0.25, 0.3) is 0 Å². The van der Waals surface area contributed by atoms with Crippen molar-refractivity contribution in [1.82, 2.24) is 4.37 Å². The second-order valence-corrected chi connectivity index (χ2v) is 4.21. The number of aryl methyl sites for hydroxylation is 1. The van der Waals surface area contributed by atoms with Crippen LogP contribution in [0.15, 0.2) is 5.38 Å². The Morgan fingerprint density at radius 3 is 2.33 bits per heavy atom. The van der Waals surface area contributed by atoms with Crippen molar-refractivity contribution in [2.24, 2.45) is 0 Å². The molecule has 1 nitrogen and oxygen atoms in total. The highest BCUT2D eigenvalue weighted by molar-refractivity contribution is 7.03. The van der Waals surface area contributed by atoms with Crippen LogP contribution in [0.1, 0.15) is 44.9 Å². The molecule has 0 radical (unpaired) electrons. The number of nitrogens with zero attached hydrogens (tertiary/aromatic N) is 1. The number of aromatic nitrogens is 1. The van der Waals surface area contributed by atoms with Crippen LogP contribution in [-0.4, -0.2) is 4.37 Å². The van der Waals surface area contributed by atoms with Crippen LogP contribution in [0.3, 0.4) is 0 Å². The normalized spacial score (nSPS) is 12.0. The molecule has 1 heterocycles. The molecule has 1 aromatic rings. The largest absolute Gasteiger partial charge is 0.198 e. The van der Waals surface area contributed by atoms with Gasteiger partial charge in [-0.05, 0) is 42.3 Å². The van der Waals surface area contributed by atoms with Crippen molar-refractivity contribution in [3.8, 4) is 0 Å². The van der Waals surface area contributed by atoms with E-state index in [0.29, 0.717) is 5.41 Å². The highest BCUT2D eigenvalue weighted by Gasteiger charge is 2.25. The first-order valence-corrected chi connectivity index (χ1v) is 5.39. The summed E-state index contributed by atoms with van der Waals surface area (Å²) in [5.74, 6) is 0. The Morgan fingerprint density at radius 1 is 1.42 bits per heavy atom. The summed E-state index contributed by atoms with van der Waals surface area (Å²) in [5.41, 5.74) is 3.00. The van der Waals surface area contributed by atoms with Gasteiger partial charge in [0.25, 0.3) is 0 Å². The van der Waals surface area contributed by atoms with Crippen molar-refractivity contribution in [2.75, 3.05) is 0 Å². The minimum Gasteiger partial charge on any atom is -0.198 e. The molecule has 0 aliphatic heterocycles. The molecule has 0 aliphatic rings. The van der Waals surface area contributed by atoms with Crippen molar-refractivity contribution in [3.63, 3.8) is 0 Å². The van der Waals surface area contributed by atoms with E-state index >= 15 is 0 Å². The summed E-state index contributed by atoms with van der Waals surface area (Å²) >= 11 is 1.57. The lowest BCUT2D eigenvalue weighted by Crippen LogP contribution is -2.19. The lowest BCUT2D eigenvalue weighted by Gasteiger charge is -2.26. The topological polar surface area (TPSA) is 12.9 Å². The monoisotopic (exact) mass is 183 g/mol. The lowest BCUT2D eigenvalue weighted by molar-refractivity contribution is 0.437. The van der Waals surface area contributed by atoms with Gasteiger partial charge in [-0.2, -0.15) is 4.37 Å². The second-order valence-electron chi connectivity index (χ2n) is 3.58. The van der Waals surface area contributed by atoms with E-state index in [4.69, 9.17) is 0 Å². The summed E-state index contributed by atoms with van der Waals surface area (Å²) in [6.07, 6.45) is 2.39. The molecule has 0 atom stereocenters. The van der Waals surface area contributed by atoms with Gasteiger partial charge in [-0.3, -0.25) is 0 Å². The van der Waals surface area contributed by atoms with Crippen LogP contribution in [0.5, 0.6) is 0 Å². The Balaban J connectivity index is 3.02. The summed E-state index contributed by atoms with van der Waals surface area (Å²) in [7, 11) is 0. The summed E-state index contributed by atoms with van der Waals surface area (Å²) in [4.78, 5) is 0.